The van der Waals surface area contributed by atoms with Crippen molar-refractivity contribution >= 4 is 23.1 Å². The summed E-state index contributed by atoms with van der Waals surface area (Å²) in [6.07, 6.45) is -1.63. The van der Waals surface area contributed by atoms with Crippen LogP contribution in [0.3, 0.4) is 0 Å². The predicted molar refractivity (Wildman–Crippen MR) is 95.9 cm³/mol. The van der Waals surface area contributed by atoms with Gasteiger partial charge in [-0.15, -0.1) is 11.3 Å². The lowest BCUT2D eigenvalue weighted by molar-refractivity contribution is -0.138. The van der Waals surface area contributed by atoms with Crippen LogP contribution in [-0.2, 0) is 6.18 Å². The molecular formula is C18H14F3N3O2S. The van der Waals surface area contributed by atoms with E-state index < -0.39 is 17.6 Å². The summed E-state index contributed by atoms with van der Waals surface area (Å²) in [6.45, 7) is 1.75. The third-order valence-corrected chi connectivity index (χ3v) is 4.32. The summed E-state index contributed by atoms with van der Waals surface area (Å²) in [5.74, 6) is -0.437. The van der Waals surface area contributed by atoms with Gasteiger partial charge < -0.3 is 10.1 Å². The van der Waals surface area contributed by atoms with Gasteiger partial charge in [0, 0.05) is 17.8 Å². The van der Waals surface area contributed by atoms with Gasteiger partial charge >= 0.3 is 6.18 Å². The number of benzene rings is 1. The molecule has 1 N–H and O–H groups in total. The summed E-state index contributed by atoms with van der Waals surface area (Å²) in [6, 6.07) is 6.90. The number of thiazole rings is 1. The van der Waals surface area contributed by atoms with Gasteiger partial charge in [-0.05, 0) is 42.3 Å². The van der Waals surface area contributed by atoms with E-state index >= 15 is 0 Å². The first-order chi connectivity index (χ1) is 12.9. The second-order valence-electron chi connectivity index (χ2n) is 5.36. The fraction of sp³-hybridized carbons (Fsp3) is 0.167. The second kappa shape index (κ2) is 7.75. The van der Waals surface area contributed by atoms with E-state index in [0.717, 1.165) is 6.07 Å². The van der Waals surface area contributed by atoms with Gasteiger partial charge in [0.2, 0.25) is 0 Å². The maximum Gasteiger partial charge on any atom is 0.419 e. The molecule has 9 heteroatoms. The molecule has 0 aliphatic carbocycles. The number of pyridine rings is 1. The molecule has 1 aromatic carbocycles. The molecule has 2 aromatic heterocycles. The van der Waals surface area contributed by atoms with Gasteiger partial charge in [0.05, 0.1) is 12.2 Å². The number of halogens is 3. The first-order valence-corrected chi connectivity index (χ1v) is 8.77. The highest BCUT2D eigenvalue weighted by molar-refractivity contribution is 7.11. The predicted octanol–water partition coefficient (Wildman–Crippen LogP) is 4.87. The molecule has 0 fully saturated rings. The van der Waals surface area contributed by atoms with Crippen LogP contribution in [0.1, 0.15) is 22.3 Å². The summed E-state index contributed by atoms with van der Waals surface area (Å²) in [5, 5.41) is 4.51. The monoisotopic (exact) mass is 393 g/mol. The van der Waals surface area contributed by atoms with Crippen molar-refractivity contribution in [1.82, 2.24) is 9.97 Å². The van der Waals surface area contributed by atoms with E-state index in [2.05, 4.69) is 15.3 Å². The molecule has 2 heterocycles. The van der Waals surface area contributed by atoms with Crippen molar-refractivity contribution in [3.63, 3.8) is 0 Å². The molecule has 0 saturated carbocycles. The topological polar surface area (TPSA) is 64.1 Å². The third kappa shape index (κ3) is 4.43. The summed E-state index contributed by atoms with van der Waals surface area (Å²) in [4.78, 5) is 20.0. The number of nitrogens with zero attached hydrogens (tertiary/aromatic N) is 2. The second-order valence-corrected chi connectivity index (χ2v) is 6.26. The summed E-state index contributed by atoms with van der Waals surface area (Å²) in [7, 11) is 0. The van der Waals surface area contributed by atoms with Crippen LogP contribution in [0.4, 0.5) is 19.0 Å². The molecular weight excluding hydrogens is 379 g/mol. The van der Waals surface area contributed by atoms with Gasteiger partial charge in [0.15, 0.2) is 5.01 Å². The number of aromatic nitrogens is 2. The summed E-state index contributed by atoms with van der Waals surface area (Å²) in [5.41, 5.74) is -0.0436. The van der Waals surface area contributed by atoms with Crippen molar-refractivity contribution in [3.05, 3.63) is 58.7 Å². The fourth-order valence-electron chi connectivity index (χ4n) is 2.40. The molecule has 140 valence electrons. The van der Waals surface area contributed by atoms with Gasteiger partial charge in [-0.3, -0.25) is 4.79 Å². The van der Waals surface area contributed by atoms with Crippen LogP contribution in [0.25, 0.3) is 11.1 Å². The lowest BCUT2D eigenvalue weighted by atomic mass is 10.0. The maximum atomic E-state index is 13.3. The van der Waals surface area contributed by atoms with Gasteiger partial charge in [-0.2, -0.15) is 13.2 Å². The Morgan fingerprint density at radius 2 is 1.93 bits per heavy atom. The van der Waals surface area contributed by atoms with Crippen molar-refractivity contribution in [1.29, 1.82) is 0 Å². The largest absolute Gasteiger partial charge is 0.493 e. The Morgan fingerprint density at radius 1 is 1.15 bits per heavy atom. The zero-order valence-corrected chi connectivity index (χ0v) is 14.9. The van der Waals surface area contributed by atoms with Crippen molar-refractivity contribution in [2.45, 2.75) is 13.1 Å². The van der Waals surface area contributed by atoms with Gasteiger partial charge in [-0.25, -0.2) is 9.97 Å². The number of alkyl halides is 3. The molecule has 0 unspecified atom stereocenters. The van der Waals surface area contributed by atoms with Crippen LogP contribution >= 0.6 is 11.3 Å². The molecule has 0 radical (unpaired) electrons. The van der Waals surface area contributed by atoms with E-state index in [9.17, 15) is 18.0 Å². The average molecular weight is 393 g/mol. The number of hydrogen-bond acceptors (Lipinski definition) is 5. The SMILES string of the molecule is CCOc1ccc(-c2ccnc(NC(=O)c3nccs3)c2)cc1C(F)(F)F. The number of amides is 1. The smallest absolute Gasteiger partial charge is 0.419 e. The molecule has 3 rings (SSSR count). The number of nitrogens with one attached hydrogen (secondary N) is 1. The zero-order valence-electron chi connectivity index (χ0n) is 14.1. The lowest BCUT2D eigenvalue weighted by Gasteiger charge is -2.15. The first-order valence-electron chi connectivity index (χ1n) is 7.90. The number of ether oxygens (including phenoxy) is 1. The highest BCUT2D eigenvalue weighted by Crippen LogP contribution is 2.39. The lowest BCUT2D eigenvalue weighted by Crippen LogP contribution is -2.12. The van der Waals surface area contributed by atoms with Crippen LogP contribution in [0.5, 0.6) is 5.75 Å². The maximum absolute atomic E-state index is 13.3. The van der Waals surface area contributed by atoms with Crippen LogP contribution < -0.4 is 10.1 Å². The number of anilines is 1. The van der Waals surface area contributed by atoms with E-state index in [1.165, 1.54) is 41.9 Å². The number of carbonyl (C=O) groups is 1. The standard InChI is InChI=1S/C18H14F3N3O2S/c1-2-26-14-4-3-11(9-13(14)18(19,20)21)12-5-6-22-15(10-12)24-16(25)17-23-7-8-27-17/h3-10H,2H2,1H3,(H,22,24,25). The zero-order chi connectivity index (χ0) is 19.4. The van der Waals surface area contributed by atoms with Crippen molar-refractivity contribution in [2.24, 2.45) is 0 Å². The Kier molecular flexibility index (Phi) is 5.41. The Bertz CT molecular complexity index is 943. The number of hydrogen-bond donors (Lipinski definition) is 1. The fourth-order valence-corrected chi connectivity index (χ4v) is 2.93. The Hall–Kier alpha value is -2.94. The van der Waals surface area contributed by atoms with Crippen molar-refractivity contribution < 1.29 is 22.7 Å². The minimum Gasteiger partial charge on any atom is -0.493 e. The first kappa shape index (κ1) is 18.8. The molecule has 0 aliphatic rings. The van der Waals surface area contributed by atoms with Gasteiger partial charge in [-0.1, -0.05) is 6.07 Å². The van der Waals surface area contributed by atoms with Gasteiger partial charge in [0.1, 0.15) is 11.6 Å². The average Bonchev–Trinajstić information content (AvgIpc) is 3.16. The highest BCUT2D eigenvalue weighted by atomic mass is 32.1. The van der Waals surface area contributed by atoms with Crippen LogP contribution in [0.2, 0.25) is 0 Å². The van der Waals surface area contributed by atoms with Crippen LogP contribution in [-0.4, -0.2) is 22.5 Å². The molecule has 0 spiro atoms. The van der Waals surface area contributed by atoms with Crippen molar-refractivity contribution in [3.8, 4) is 16.9 Å². The quantitative estimate of drug-likeness (QED) is 0.671. The van der Waals surface area contributed by atoms with E-state index in [1.54, 1.807) is 18.4 Å². The van der Waals surface area contributed by atoms with Crippen molar-refractivity contribution in [2.75, 3.05) is 11.9 Å². The molecule has 0 aliphatic heterocycles. The Morgan fingerprint density at radius 3 is 2.59 bits per heavy atom. The molecule has 5 nitrogen and oxygen atoms in total. The van der Waals surface area contributed by atoms with E-state index in [1.807, 2.05) is 0 Å². The Balaban J connectivity index is 1.91. The minimum absolute atomic E-state index is 0.130. The van der Waals surface area contributed by atoms with Crippen LogP contribution in [0.15, 0.2) is 48.1 Å². The minimum atomic E-state index is -4.55. The summed E-state index contributed by atoms with van der Waals surface area (Å²) >= 11 is 1.17. The van der Waals surface area contributed by atoms with E-state index in [4.69, 9.17) is 4.74 Å². The molecule has 1 amide bonds. The molecule has 0 atom stereocenters. The van der Waals surface area contributed by atoms with E-state index in [-0.39, 0.29) is 23.2 Å². The molecule has 0 bridgehead atoms. The summed E-state index contributed by atoms with van der Waals surface area (Å²) < 4.78 is 45.0. The van der Waals surface area contributed by atoms with Gasteiger partial charge in [0.25, 0.3) is 5.91 Å². The normalized spacial score (nSPS) is 11.3. The number of carbonyl (C=O) groups excluding carboxylic acids is 1. The van der Waals surface area contributed by atoms with E-state index in [0.29, 0.717) is 11.1 Å². The molecule has 27 heavy (non-hydrogen) atoms. The Labute approximate surface area is 156 Å². The highest BCUT2D eigenvalue weighted by Gasteiger charge is 2.34. The molecule has 3 aromatic rings. The number of rotatable bonds is 5. The third-order valence-electron chi connectivity index (χ3n) is 3.55. The molecule has 0 saturated heterocycles. The van der Waals surface area contributed by atoms with Crippen LogP contribution in [0, 0.1) is 0 Å².